The fourth-order valence-electron chi connectivity index (χ4n) is 2.58. The highest BCUT2D eigenvalue weighted by atomic mass is 19.2. The number of alkyl carbamates (subject to hydrolysis) is 1. The molecule has 2 aromatic rings. The number of rotatable bonds is 9. The van der Waals surface area contributed by atoms with Crippen molar-refractivity contribution in [2.45, 2.75) is 45.4 Å². The SMILES string of the molecule is CC(C)(C)OC(=O)N[C@@H](CC(=O)OCc1ccccc1)C(=O)COc1c(F)c(F)cc(F)c1F. The summed E-state index contributed by atoms with van der Waals surface area (Å²) in [4.78, 5) is 36.9. The van der Waals surface area contributed by atoms with Crippen LogP contribution in [0.2, 0.25) is 0 Å². The number of carbonyl (C=O) groups excluding carboxylic acids is 3. The number of nitrogens with one attached hydrogen (secondary N) is 1. The summed E-state index contributed by atoms with van der Waals surface area (Å²) in [6.07, 6.45) is -1.73. The third-order valence-electron chi connectivity index (χ3n) is 4.12. The van der Waals surface area contributed by atoms with Crippen molar-refractivity contribution in [1.82, 2.24) is 5.32 Å². The Hall–Kier alpha value is -3.63. The average Bonchev–Trinajstić information content (AvgIpc) is 2.75. The molecule has 0 aliphatic rings. The maximum absolute atomic E-state index is 13.8. The lowest BCUT2D eigenvalue weighted by Gasteiger charge is -2.23. The summed E-state index contributed by atoms with van der Waals surface area (Å²) in [7, 11) is 0. The molecule has 2 aromatic carbocycles. The highest BCUT2D eigenvalue weighted by Gasteiger charge is 2.29. The van der Waals surface area contributed by atoms with E-state index < -0.39 is 71.5 Å². The Bertz CT molecular complexity index is 1010. The van der Waals surface area contributed by atoms with Crippen LogP contribution in [0.25, 0.3) is 0 Å². The maximum atomic E-state index is 13.8. The van der Waals surface area contributed by atoms with E-state index in [1.54, 1.807) is 51.1 Å². The molecule has 0 aliphatic heterocycles. The number of esters is 1. The van der Waals surface area contributed by atoms with Gasteiger partial charge in [0.05, 0.1) is 6.42 Å². The molecule has 0 bridgehead atoms. The van der Waals surface area contributed by atoms with E-state index in [0.29, 0.717) is 5.56 Å². The number of Topliss-reactive ketones (excluding diaryl/α,β-unsaturated/α-hetero) is 1. The van der Waals surface area contributed by atoms with Gasteiger partial charge >= 0.3 is 12.1 Å². The largest absolute Gasteiger partial charge is 0.479 e. The molecule has 11 heteroatoms. The van der Waals surface area contributed by atoms with Crippen molar-refractivity contribution in [2.75, 3.05) is 6.61 Å². The number of hydrogen-bond acceptors (Lipinski definition) is 6. The first-order valence-electron chi connectivity index (χ1n) is 10.0. The highest BCUT2D eigenvalue weighted by Crippen LogP contribution is 2.26. The second kappa shape index (κ2) is 11.5. The predicted molar refractivity (Wildman–Crippen MR) is 111 cm³/mol. The van der Waals surface area contributed by atoms with Crippen LogP contribution in [0, 0.1) is 23.3 Å². The summed E-state index contributed by atoms with van der Waals surface area (Å²) in [5.41, 5.74) is -0.269. The van der Waals surface area contributed by atoms with Gasteiger partial charge in [0.15, 0.2) is 23.2 Å². The molecule has 1 amide bonds. The minimum Gasteiger partial charge on any atom is -0.479 e. The number of ether oxygens (including phenoxy) is 3. The quantitative estimate of drug-likeness (QED) is 0.325. The van der Waals surface area contributed by atoms with Gasteiger partial charge in [-0.2, -0.15) is 8.78 Å². The van der Waals surface area contributed by atoms with E-state index in [0.717, 1.165) is 0 Å². The van der Waals surface area contributed by atoms with Crippen LogP contribution in [0.1, 0.15) is 32.8 Å². The van der Waals surface area contributed by atoms with Crippen LogP contribution in [-0.2, 0) is 25.7 Å². The van der Waals surface area contributed by atoms with Crippen molar-refractivity contribution >= 4 is 17.8 Å². The third-order valence-corrected chi connectivity index (χ3v) is 4.12. The molecule has 7 nitrogen and oxygen atoms in total. The first-order chi connectivity index (χ1) is 15.9. The topological polar surface area (TPSA) is 90.9 Å². The van der Waals surface area contributed by atoms with Crippen LogP contribution in [0.3, 0.4) is 0 Å². The van der Waals surface area contributed by atoms with Crippen LogP contribution in [-0.4, -0.2) is 36.1 Å². The van der Waals surface area contributed by atoms with Crippen molar-refractivity contribution < 1.29 is 46.2 Å². The molecule has 0 saturated heterocycles. The van der Waals surface area contributed by atoms with Gasteiger partial charge in [0.25, 0.3) is 0 Å². The van der Waals surface area contributed by atoms with Crippen LogP contribution in [0.4, 0.5) is 22.4 Å². The summed E-state index contributed by atoms with van der Waals surface area (Å²) >= 11 is 0. The number of halogens is 4. The highest BCUT2D eigenvalue weighted by molar-refractivity contribution is 5.92. The van der Waals surface area contributed by atoms with Crippen molar-refractivity contribution in [3.8, 4) is 5.75 Å². The summed E-state index contributed by atoms with van der Waals surface area (Å²) in [6.45, 7) is 3.45. The van der Waals surface area contributed by atoms with E-state index in [-0.39, 0.29) is 12.7 Å². The zero-order chi connectivity index (χ0) is 25.5. The standard InChI is InChI=1S/C23H23F4NO6/c1-23(2,3)34-22(31)28-16(10-18(30)32-11-13-7-5-4-6-8-13)17(29)12-33-21-19(26)14(24)9-15(25)20(21)27/h4-9,16H,10-12H2,1-3H3,(H,28,31)/t16-/m0/s1. The summed E-state index contributed by atoms with van der Waals surface area (Å²) in [5.74, 6) is -10.5. The molecule has 34 heavy (non-hydrogen) atoms. The molecular formula is C23H23F4NO6. The molecule has 184 valence electrons. The molecule has 0 aromatic heterocycles. The Labute approximate surface area is 193 Å². The first-order valence-corrected chi connectivity index (χ1v) is 10.0. The lowest BCUT2D eigenvalue weighted by Crippen LogP contribution is -2.46. The molecule has 1 N–H and O–H groups in total. The van der Waals surface area contributed by atoms with E-state index in [1.165, 1.54) is 0 Å². The molecule has 0 saturated carbocycles. The van der Waals surface area contributed by atoms with E-state index in [2.05, 4.69) is 10.1 Å². The molecule has 1 atom stereocenters. The van der Waals surface area contributed by atoms with E-state index >= 15 is 0 Å². The fourth-order valence-corrected chi connectivity index (χ4v) is 2.58. The second-order valence-electron chi connectivity index (χ2n) is 8.10. The van der Waals surface area contributed by atoms with Gasteiger partial charge in [0, 0.05) is 6.07 Å². The molecule has 2 rings (SSSR count). The van der Waals surface area contributed by atoms with Crippen molar-refractivity contribution in [3.63, 3.8) is 0 Å². The molecule has 0 fully saturated rings. The third kappa shape index (κ3) is 8.05. The molecule has 0 radical (unpaired) electrons. The molecule has 0 aliphatic carbocycles. The van der Waals surface area contributed by atoms with Gasteiger partial charge in [0.2, 0.25) is 11.6 Å². The number of amides is 1. The zero-order valence-corrected chi connectivity index (χ0v) is 18.6. The van der Waals surface area contributed by atoms with E-state index in [1.807, 2.05) is 0 Å². The Morgan fingerprint density at radius 1 is 0.971 bits per heavy atom. The van der Waals surface area contributed by atoms with Crippen LogP contribution in [0.15, 0.2) is 36.4 Å². The normalized spacial score (nSPS) is 12.0. The zero-order valence-electron chi connectivity index (χ0n) is 18.6. The maximum Gasteiger partial charge on any atom is 0.408 e. The lowest BCUT2D eigenvalue weighted by atomic mass is 10.1. The smallest absolute Gasteiger partial charge is 0.408 e. The first kappa shape index (κ1) is 26.6. The average molecular weight is 485 g/mol. The van der Waals surface area contributed by atoms with Gasteiger partial charge < -0.3 is 19.5 Å². The van der Waals surface area contributed by atoms with Crippen molar-refractivity contribution in [1.29, 1.82) is 0 Å². The van der Waals surface area contributed by atoms with Crippen LogP contribution >= 0.6 is 0 Å². The molecular weight excluding hydrogens is 462 g/mol. The van der Waals surface area contributed by atoms with Gasteiger partial charge in [-0.3, -0.25) is 9.59 Å². The Morgan fingerprint density at radius 2 is 1.56 bits per heavy atom. The lowest BCUT2D eigenvalue weighted by molar-refractivity contribution is -0.147. The van der Waals surface area contributed by atoms with Gasteiger partial charge in [0.1, 0.15) is 24.9 Å². The molecule has 0 spiro atoms. The predicted octanol–water partition coefficient (Wildman–Crippen LogP) is 4.22. The van der Waals surface area contributed by atoms with Crippen LogP contribution in [0.5, 0.6) is 5.75 Å². The number of ketones is 1. The minimum atomic E-state index is -1.84. The van der Waals surface area contributed by atoms with Crippen molar-refractivity contribution in [2.24, 2.45) is 0 Å². The Balaban J connectivity index is 2.10. The van der Waals surface area contributed by atoms with Gasteiger partial charge in [-0.25, -0.2) is 13.6 Å². The monoisotopic (exact) mass is 485 g/mol. The van der Waals surface area contributed by atoms with Crippen molar-refractivity contribution in [3.05, 3.63) is 65.2 Å². The minimum absolute atomic E-state index is 0.0189. The van der Waals surface area contributed by atoms with E-state index in [4.69, 9.17) is 9.47 Å². The fraction of sp³-hybridized carbons (Fsp3) is 0.348. The van der Waals surface area contributed by atoms with Crippen LogP contribution < -0.4 is 10.1 Å². The number of carbonyl (C=O) groups is 3. The van der Waals surface area contributed by atoms with E-state index in [9.17, 15) is 31.9 Å². The number of benzene rings is 2. The van der Waals surface area contributed by atoms with Gasteiger partial charge in [-0.1, -0.05) is 30.3 Å². The molecule has 0 heterocycles. The summed E-state index contributed by atoms with van der Waals surface area (Å²) < 4.78 is 69.0. The summed E-state index contributed by atoms with van der Waals surface area (Å²) in [5, 5.41) is 2.16. The Kier molecular flexibility index (Phi) is 8.99. The molecule has 0 unspecified atom stereocenters. The second-order valence-corrected chi connectivity index (χ2v) is 8.10. The Morgan fingerprint density at radius 3 is 2.12 bits per heavy atom. The van der Waals surface area contributed by atoms with Gasteiger partial charge in [-0.15, -0.1) is 0 Å². The van der Waals surface area contributed by atoms with Gasteiger partial charge in [-0.05, 0) is 26.3 Å². The summed E-state index contributed by atoms with van der Waals surface area (Å²) in [6, 6.07) is 7.01. The number of hydrogen-bond donors (Lipinski definition) is 1.